The number of aromatic nitrogens is 3. The number of alkyl carbamates (subject to hydrolysis) is 1. The van der Waals surface area contributed by atoms with Gasteiger partial charge in [-0.05, 0) is 51.5 Å². The standard InChI is InChI=1S/C21H31N7O3/c1-21(2,3)31-20(29)24-15-10-11-28(13-15)19(22-4)23-12-17-25-18(27-26-17)14-6-8-16(30-5)9-7-14/h6-9,15H,10-13H2,1-5H3,(H,22,23)(H,24,29)(H,25,26,27). The van der Waals surface area contributed by atoms with E-state index in [2.05, 4.69) is 35.7 Å². The molecule has 3 N–H and O–H groups in total. The van der Waals surface area contributed by atoms with Crippen molar-refractivity contribution in [3.63, 3.8) is 0 Å². The Morgan fingerprint density at radius 2 is 2.06 bits per heavy atom. The molecule has 1 aromatic carbocycles. The zero-order valence-electron chi connectivity index (χ0n) is 18.7. The van der Waals surface area contributed by atoms with E-state index in [4.69, 9.17) is 9.47 Å². The van der Waals surface area contributed by atoms with Gasteiger partial charge in [-0.2, -0.15) is 5.10 Å². The molecule has 1 atom stereocenters. The second kappa shape index (κ2) is 9.67. The Kier molecular flexibility index (Phi) is 6.98. The lowest BCUT2D eigenvalue weighted by Gasteiger charge is -2.23. The Labute approximate surface area is 182 Å². The fourth-order valence-corrected chi connectivity index (χ4v) is 3.28. The molecule has 1 saturated heterocycles. The first-order valence-corrected chi connectivity index (χ1v) is 10.3. The number of hydrogen-bond acceptors (Lipinski definition) is 6. The van der Waals surface area contributed by atoms with Gasteiger partial charge in [0.15, 0.2) is 11.8 Å². The van der Waals surface area contributed by atoms with Crippen LogP contribution >= 0.6 is 0 Å². The molecule has 2 heterocycles. The summed E-state index contributed by atoms with van der Waals surface area (Å²) in [7, 11) is 3.37. The van der Waals surface area contributed by atoms with Gasteiger partial charge in [-0.3, -0.25) is 10.1 Å². The Hall–Kier alpha value is -3.30. The largest absolute Gasteiger partial charge is 0.497 e. The second-order valence-electron chi connectivity index (χ2n) is 8.31. The number of guanidine groups is 1. The Morgan fingerprint density at radius 3 is 2.71 bits per heavy atom. The minimum atomic E-state index is -0.512. The molecule has 1 aromatic heterocycles. The van der Waals surface area contributed by atoms with E-state index in [1.54, 1.807) is 14.2 Å². The molecule has 0 radical (unpaired) electrons. The van der Waals surface area contributed by atoms with Crippen molar-refractivity contribution < 1.29 is 14.3 Å². The average molecular weight is 430 g/mol. The van der Waals surface area contributed by atoms with Crippen LogP contribution in [0.3, 0.4) is 0 Å². The Morgan fingerprint density at radius 1 is 1.32 bits per heavy atom. The number of ether oxygens (including phenoxy) is 2. The first-order valence-electron chi connectivity index (χ1n) is 10.3. The van der Waals surface area contributed by atoms with Crippen molar-refractivity contribution in [2.75, 3.05) is 27.2 Å². The molecule has 10 nitrogen and oxygen atoms in total. The lowest BCUT2D eigenvalue weighted by atomic mass is 10.2. The number of hydrogen-bond donors (Lipinski definition) is 3. The zero-order valence-corrected chi connectivity index (χ0v) is 18.7. The summed E-state index contributed by atoms with van der Waals surface area (Å²) in [6, 6.07) is 7.60. The van der Waals surface area contributed by atoms with Crippen molar-refractivity contribution in [1.29, 1.82) is 0 Å². The molecule has 3 rings (SSSR count). The summed E-state index contributed by atoms with van der Waals surface area (Å²) in [6.07, 6.45) is 0.430. The number of nitrogens with zero attached hydrogens (tertiary/aromatic N) is 4. The molecule has 0 saturated carbocycles. The van der Waals surface area contributed by atoms with E-state index >= 15 is 0 Å². The third-order valence-corrected chi connectivity index (χ3v) is 4.71. The number of carbonyl (C=O) groups excluding carboxylic acids is 1. The van der Waals surface area contributed by atoms with Crippen LogP contribution in [0, 0.1) is 0 Å². The molecule has 2 aromatic rings. The predicted octanol–water partition coefficient (Wildman–Crippen LogP) is 2.15. The molecule has 31 heavy (non-hydrogen) atoms. The first kappa shape index (κ1) is 22.4. The molecular formula is C21H31N7O3. The van der Waals surface area contributed by atoms with Gasteiger partial charge >= 0.3 is 6.09 Å². The fraction of sp³-hybridized carbons (Fsp3) is 0.524. The van der Waals surface area contributed by atoms with Crippen molar-refractivity contribution in [2.45, 2.75) is 45.4 Å². The normalized spacial score (nSPS) is 16.9. The molecule has 0 aliphatic carbocycles. The van der Waals surface area contributed by atoms with Gasteiger partial charge < -0.3 is 25.0 Å². The molecule has 1 aliphatic rings. The highest BCUT2D eigenvalue weighted by Gasteiger charge is 2.27. The third-order valence-electron chi connectivity index (χ3n) is 4.71. The minimum Gasteiger partial charge on any atom is -0.497 e. The van der Waals surface area contributed by atoms with Gasteiger partial charge in [-0.1, -0.05) is 0 Å². The lowest BCUT2D eigenvalue weighted by Crippen LogP contribution is -2.44. The number of nitrogens with one attached hydrogen (secondary N) is 3. The number of aliphatic imine (C=N–C) groups is 1. The molecule has 1 unspecified atom stereocenters. The summed E-state index contributed by atoms with van der Waals surface area (Å²) in [5.41, 5.74) is 0.394. The number of benzene rings is 1. The van der Waals surface area contributed by atoms with E-state index in [-0.39, 0.29) is 6.04 Å². The van der Waals surface area contributed by atoms with Gasteiger partial charge in [-0.25, -0.2) is 9.78 Å². The van der Waals surface area contributed by atoms with Crippen LogP contribution in [0.4, 0.5) is 4.79 Å². The number of H-pyrrole nitrogens is 1. The van der Waals surface area contributed by atoms with E-state index in [9.17, 15) is 4.79 Å². The predicted molar refractivity (Wildman–Crippen MR) is 118 cm³/mol. The molecule has 168 valence electrons. The summed E-state index contributed by atoms with van der Waals surface area (Å²) in [4.78, 5) is 23.0. The lowest BCUT2D eigenvalue weighted by molar-refractivity contribution is 0.0507. The van der Waals surface area contributed by atoms with Crippen LogP contribution in [0.1, 0.15) is 33.0 Å². The fourth-order valence-electron chi connectivity index (χ4n) is 3.28. The molecule has 1 aliphatic heterocycles. The van der Waals surface area contributed by atoms with Gasteiger partial charge in [0.05, 0.1) is 19.7 Å². The molecule has 1 fully saturated rings. The quantitative estimate of drug-likeness (QED) is 0.492. The molecule has 10 heteroatoms. The van der Waals surface area contributed by atoms with Gasteiger partial charge in [0.1, 0.15) is 17.2 Å². The Bertz CT molecular complexity index is 902. The maximum absolute atomic E-state index is 12.0. The highest BCUT2D eigenvalue weighted by molar-refractivity contribution is 5.80. The first-order chi connectivity index (χ1) is 14.8. The second-order valence-corrected chi connectivity index (χ2v) is 8.31. The van der Waals surface area contributed by atoms with Crippen molar-refractivity contribution in [3.05, 3.63) is 30.1 Å². The number of carbonyl (C=O) groups is 1. The average Bonchev–Trinajstić information content (AvgIpc) is 3.37. The summed E-state index contributed by atoms with van der Waals surface area (Å²) in [5.74, 6) is 2.86. The molecule has 0 bridgehead atoms. The van der Waals surface area contributed by atoms with Crippen LogP contribution in [0.2, 0.25) is 0 Å². The van der Waals surface area contributed by atoms with Gasteiger partial charge in [-0.15, -0.1) is 0 Å². The number of likely N-dealkylation sites (tertiary alicyclic amines) is 1. The topological polar surface area (TPSA) is 117 Å². The van der Waals surface area contributed by atoms with Crippen LogP contribution in [0.25, 0.3) is 11.4 Å². The monoisotopic (exact) mass is 429 g/mol. The van der Waals surface area contributed by atoms with Gasteiger partial charge in [0.25, 0.3) is 0 Å². The van der Waals surface area contributed by atoms with Crippen LogP contribution in [0.15, 0.2) is 29.3 Å². The number of rotatable bonds is 5. The Balaban J connectivity index is 1.51. The molecule has 0 spiro atoms. The molecular weight excluding hydrogens is 398 g/mol. The van der Waals surface area contributed by atoms with Crippen molar-refractivity contribution in [2.24, 2.45) is 4.99 Å². The number of methoxy groups -OCH3 is 1. The number of amides is 1. The highest BCUT2D eigenvalue weighted by atomic mass is 16.6. The van der Waals surface area contributed by atoms with Crippen LogP contribution in [0.5, 0.6) is 5.75 Å². The maximum Gasteiger partial charge on any atom is 0.407 e. The highest BCUT2D eigenvalue weighted by Crippen LogP contribution is 2.19. The van der Waals surface area contributed by atoms with Crippen molar-refractivity contribution in [1.82, 2.24) is 30.7 Å². The van der Waals surface area contributed by atoms with E-state index in [0.717, 1.165) is 30.2 Å². The van der Waals surface area contributed by atoms with Crippen LogP contribution < -0.4 is 15.4 Å². The SMILES string of the molecule is CN=C(NCc1nc(-c2ccc(OC)cc2)n[nH]1)N1CCC(NC(=O)OC(C)(C)C)C1. The summed E-state index contributed by atoms with van der Waals surface area (Å²) in [6.45, 7) is 7.45. The van der Waals surface area contributed by atoms with E-state index in [1.807, 2.05) is 45.0 Å². The van der Waals surface area contributed by atoms with Crippen LogP contribution in [-0.4, -0.2) is 71.0 Å². The van der Waals surface area contributed by atoms with Crippen LogP contribution in [-0.2, 0) is 11.3 Å². The summed E-state index contributed by atoms with van der Waals surface area (Å²) in [5, 5.41) is 13.5. The van der Waals surface area contributed by atoms with E-state index in [1.165, 1.54) is 0 Å². The minimum absolute atomic E-state index is 0.0142. The van der Waals surface area contributed by atoms with E-state index in [0.29, 0.717) is 24.7 Å². The maximum atomic E-state index is 12.0. The van der Waals surface area contributed by atoms with E-state index < -0.39 is 11.7 Å². The number of aromatic amines is 1. The summed E-state index contributed by atoms with van der Waals surface area (Å²) < 4.78 is 10.5. The van der Waals surface area contributed by atoms with Crippen molar-refractivity contribution >= 4 is 12.1 Å². The summed E-state index contributed by atoms with van der Waals surface area (Å²) >= 11 is 0. The zero-order chi connectivity index (χ0) is 22.4. The van der Waals surface area contributed by atoms with Gasteiger partial charge in [0.2, 0.25) is 0 Å². The third kappa shape index (κ3) is 6.34. The van der Waals surface area contributed by atoms with Crippen molar-refractivity contribution in [3.8, 4) is 17.1 Å². The van der Waals surface area contributed by atoms with Gasteiger partial charge in [0, 0.05) is 25.7 Å². The molecule has 1 amide bonds. The smallest absolute Gasteiger partial charge is 0.407 e.